The number of benzene rings is 4. The zero-order chi connectivity index (χ0) is 60.7. The maximum Gasteiger partial charge on any atom is 1.00 e. The third-order valence-corrected chi connectivity index (χ3v) is 16.4. The first-order valence-electron chi connectivity index (χ1n) is 29.3. The van der Waals surface area contributed by atoms with Gasteiger partial charge in [-0.3, -0.25) is 25.0 Å². The molecule has 0 saturated carbocycles. The Morgan fingerprint density at radius 3 is 1.26 bits per heavy atom. The van der Waals surface area contributed by atoms with Crippen molar-refractivity contribution < 1.29 is 87.5 Å². The predicted molar refractivity (Wildman–Crippen MR) is 311 cm³/mol. The Labute approximate surface area is 514 Å². The molecule has 0 aliphatic carbocycles. The fraction of sp³-hybridized carbons (Fsp3) is 0.581. The van der Waals surface area contributed by atoms with Crippen LogP contribution in [0.15, 0.2) is 84.9 Å². The minimum atomic E-state index is -4.81. The van der Waals surface area contributed by atoms with Crippen LogP contribution in [0.2, 0.25) is 0 Å². The maximum atomic E-state index is 13.3. The summed E-state index contributed by atoms with van der Waals surface area (Å²) in [4.78, 5) is 49.6. The first-order chi connectivity index (χ1) is 39.0. The second kappa shape index (κ2) is 32.3. The minimum Gasteiger partial charge on any atom is -1.00 e. The average Bonchev–Trinajstić information content (AvgIpc) is 3.65. The smallest absolute Gasteiger partial charge is 1.00 e. The van der Waals surface area contributed by atoms with Gasteiger partial charge in [-0.05, 0) is 153 Å². The van der Waals surface area contributed by atoms with Crippen LogP contribution in [0.3, 0.4) is 0 Å². The van der Waals surface area contributed by atoms with Gasteiger partial charge in [-0.1, -0.05) is 65.8 Å². The third kappa shape index (κ3) is 22.5. The number of carbonyl (C=O) groups excluding carboxylic acids is 2. The van der Waals surface area contributed by atoms with Crippen molar-refractivity contribution >= 4 is 46.0 Å². The molecule has 4 aromatic rings. The van der Waals surface area contributed by atoms with Crippen LogP contribution in [0, 0.1) is 32.1 Å². The van der Waals surface area contributed by atoms with Gasteiger partial charge in [0.1, 0.15) is 11.1 Å². The Balaban J connectivity index is 0.000000297. The summed E-state index contributed by atoms with van der Waals surface area (Å²) in [6.07, 6.45) is 2.38. The van der Waals surface area contributed by atoms with Gasteiger partial charge in [0, 0.05) is 111 Å². The number of piperidine rings is 4. The topological polar surface area (TPSA) is 194 Å². The van der Waals surface area contributed by atoms with Gasteiger partial charge in [-0.15, -0.1) is 0 Å². The van der Waals surface area contributed by atoms with Crippen molar-refractivity contribution in [1.82, 2.24) is 4.90 Å². The molecule has 4 aliphatic rings. The summed E-state index contributed by atoms with van der Waals surface area (Å²) >= 11 is 0. The van der Waals surface area contributed by atoms with Crippen molar-refractivity contribution in [1.29, 1.82) is 0 Å². The summed E-state index contributed by atoms with van der Waals surface area (Å²) in [5, 5.41) is 40.3. The SMILES string of the molecule is CC(C)(C)c1ccc(N2CCC(CCCC(=O)N3CCC(Nc4ccc([N+](=O)[O-])c(C(F)(F)F)c4)CC3)CC2)cc1.CC(C)(C)c1ccc(N2CCC(CCCC(=O)[O-])CC2)cc1.O=[N+]([O-])c1ccc(NC2CC[NH2+]CC2)cc1C(F)(F)F.[Cl-].[Li+]. The minimum absolute atomic E-state index is 0. The largest absolute Gasteiger partial charge is 1.00 e. The van der Waals surface area contributed by atoms with Crippen molar-refractivity contribution in [2.45, 2.75) is 167 Å². The molecule has 0 bridgehead atoms. The molecule has 0 atom stereocenters. The third-order valence-electron chi connectivity index (χ3n) is 16.4. The van der Waals surface area contributed by atoms with E-state index >= 15 is 0 Å². The number of hydrogen-bond acceptors (Lipinski definition) is 11. The van der Waals surface area contributed by atoms with Gasteiger partial charge in [-0.25, -0.2) is 0 Å². The van der Waals surface area contributed by atoms with Crippen LogP contribution in [-0.4, -0.2) is 91.1 Å². The molecule has 4 N–H and O–H groups in total. The van der Waals surface area contributed by atoms with Gasteiger partial charge < -0.3 is 53.0 Å². The van der Waals surface area contributed by atoms with Gasteiger partial charge in [-0.2, -0.15) is 26.3 Å². The van der Waals surface area contributed by atoms with Crippen LogP contribution >= 0.6 is 0 Å². The van der Waals surface area contributed by atoms with Crippen LogP contribution < -0.4 is 62.1 Å². The number of rotatable bonds is 16. The monoisotopic (exact) mass is 1210 g/mol. The molecule has 0 aromatic heterocycles. The fourth-order valence-corrected chi connectivity index (χ4v) is 11.4. The molecule has 1 amide bonds. The Kier molecular flexibility index (Phi) is 27.2. The number of nitrogens with two attached hydrogens (primary N) is 1. The zero-order valence-corrected chi connectivity index (χ0v) is 51.0. The average molecular weight is 1210 g/mol. The maximum absolute atomic E-state index is 13.3. The second-order valence-electron chi connectivity index (χ2n) is 24.7. The summed E-state index contributed by atoms with van der Waals surface area (Å²) in [7, 11) is 0. The van der Waals surface area contributed by atoms with Gasteiger partial charge in [0.05, 0.1) is 22.9 Å². The van der Waals surface area contributed by atoms with E-state index < -0.39 is 50.7 Å². The summed E-state index contributed by atoms with van der Waals surface area (Å²) in [5.74, 6) is 0.515. The van der Waals surface area contributed by atoms with E-state index in [-0.39, 0.29) is 77.9 Å². The van der Waals surface area contributed by atoms with Crippen molar-refractivity contribution in [3.8, 4) is 0 Å². The number of hydrogen-bond donors (Lipinski definition) is 3. The van der Waals surface area contributed by atoms with E-state index in [2.05, 4.69) is 116 Å². The molecule has 0 spiro atoms. The zero-order valence-electron chi connectivity index (χ0n) is 50.3. The summed E-state index contributed by atoms with van der Waals surface area (Å²) in [6.45, 7) is 20.5. The number of likely N-dealkylation sites (tertiary alicyclic amines) is 1. The number of carboxylic acid groups (broad SMARTS) is 1. The molecule has 85 heavy (non-hydrogen) atoms. The first kappa shape index (κ1) is 71.7. The summed E-state index contributed by atoms with van der Waals surface area (Å²) in [6, 6.07) is 23.9. The molecule has 15 nitrogen and oxygen atoms in total. The Hall–Kier alpha value is -5.75. The van der Waals surface area contributed by atoms with E-state index in [1.807, 2.05) is 4.90 Å². The van der Waals surface area contributed by atoms with E-state index in [0.29, 0.717) is 44.2 Å². The molecule has 4 aliphatic heterocycles. The number of nitro groups is 2. The van der Waals surface area contributed by atoms with E-state index in [1.165, 1.54) is 34.6 Å². The Bertz CT molecular complexity index is 2750. The number of halogens is 7. The first-order valence-corrected chi connectivity index (χ1v) is 29.3. The molecule has 464 valence electrons. The van der Waals surface area contributed by atoms with Crippen molar-refractivity contribution in [3.05, 3.63) is 127 Å². The molecule has 23 heteroatoms. The van der Waals surface area contributed by atoms with Crippen LogP contribution in [0.25, 0.3) is 0 Å². The van der Waals surface area contributed by atoms with Gasteiger partial charge >= 0.3 is 31.2 Å². The number of amides is 1. The van der Waals surface area contributed by atoms with Gasteiger partial charge in [0.15, 0.2) is 0 Å². The van der Waals surface area contributed by atoms with Crippen LogP contribution in [0.5, 0.6) is 0 Å². The Morgan fingerprint density at radius 2 is 0.918 bits per heavy atom. The van der Waals surface area contributed by atoms with E-state index in [9.17, 15) is 61.3 Å². The molecule has 4 fully saturated rings. The van der Waals surface area contributed by atoms with E-state index in [1.54, 1.807) is 0 Å². The van der Waals surface area contributed by atoms with Crippen LogP contribution in [-0.2, 0) is 32.8 Å². The number of carbonyl (C=O) groups is 2. The fourth-order valence-electron chi connectivity index (χ4n) is 11.4. The Morgan fingerprint density at radius 1 is 0.553 bits per heavy atom. The molecule has 4 heterocycles. The molecule has 8 rings (SSSR count). The number of carboxylic acids is 1. The predicted octanol–water partition coefficient (Wildman–Crippen LogP) is 6.28. The van der Waals surface area contributed by atoms with Crippen molar-refractivity contribution in [3.63, 3.8) is 0 Å². The number of nitrogens with one attached hydrogen (secondary N) is 2. The molecule has 4 saturated heterocycles. The number of nitro benzene ring substituents is 2. The van der Waals surface area contributed by atoms with Gasteiger partial charge in [0.2, 0.25) is 5.91 Å². The molecule has 4 aromatic carbocycles. The normalized spacial score (nSPS) is 16.8. The summed E-state index contributed by atoms with van der Waals surface area (Å²) in [5.41, 5.74) is 1.75. The number of alkyl halides is 6. The van der Waals surface area contributed by atoms with Crippen molar-refractivity contribution in [2.75, 3.05) is 72.8 Å². The summed E-state index contributed by atoms with van der Waals surface area (Å²) < 4.78 is 78.3. The number of quaternary nitrogens is 1. The standard InChI is InChI=1S/C31H41F3N4O3.C19H29NO2.C12H14F3N3O2.ClH.Li/c1-30(2,3)23-7-10-26(11-8-23)36-17-13-22(14-18-36)5-4-6-29(39)37-19-15-24(16-20-37)35-25-9-12-28(38(40)41)27(21-25)31(32,33)34;1-19(2,3)16-7-9-17(10-8-16)20-13-11-15(12-14-20)5-4-6-18(21)22;13-12(14,15)10-7-9(1-2-11(10)18(19)20)17-8-3-5-16-6-4-8;;/h7-12,21-22,24,35H,4-6,13-20H2,1-3H3;7-10,15H,4-6,11-14H2,1-3H3,(H,21,22);1-2,7-8,16-17H,3-6H2;1H;/q;;;;+1/p-1. The van der Waals surface area contributed by atoms with Crippen LogP contribution in [0.4, 0.5) is 60.5 Å². The second-order valence-corrected chi connectivity index (χ2v) is 24.7. The molecule has 0 radical (unpaired) electrons. The quantitative estimate of drug-likeness (QED) is 0.0495. The van der Waals surface area contributed by atoms with E-state index in [0.717, 1.165) is 128 Å². The number of nitrogens with zero attached hydrogens (tertiary/aromatic N) is 5. The number of anilines is 4. The number of aliphatic carboxylic acids is 1. The molecular weight excluding hydrogens is 1130 g/mol. The van der Waals surface area contributed by atoms with Gasteiger partial charge in [0.25, 0.3) is 11.4 Å². The molecule has 0 unspecified atom stereocenters. The van der Waals surface area contributed by atoms with Crippen molar-refractivity contribution in [2.24, 2.45) is 11.8 Å². The molecular formula is C62H84ClF6LiN8O7. The van der Waals surface area contributed by atoms with Crippen LogP contribution in [0.1, 0.15) is 154 Å². The van der Waals surface area contributed by atoms with E-state index in [4.69, 9.17) is 0 Å².